The van der Waals surface area contributed by atoms with Crippen molar-refractivity contribution in [1.82, 2.24) is 4.98 Å². The number of hydrogen-bond donors (Lipinski definition) is 1. The number of nitrogens with zero attached hydrogens (tertiary/aromatic N) is 1. The normalized spacial score (nSPS) is 11.2. The molecule has 2 aromatic rings. The number of benzene rings is 1. The Balaban J connectivity index is 2.37. The summed E-state index contributed by atoms with van der Waals surface area (Å²) in [7, 11) is -3.87. The van der Waals surface area contributed by atoms with Gasteiger partial charge in [-0.2, -0.15) is 0 Å². The van der Waals surface area contributed by atoms with Crippen molar-refractivity contribution in [2.75, 3.05) is 4.72 Å². The molecule has 0 aliphatic carbocycles. The molecule has 1 heterocycles. The van der Waals surface area contributed by atoms with Crippen LogP contribution in [0, 0.1) is 5.82 Å². The molecule has 0 spiro atoms. The molecule has 18 heavy (non-hydrogen) atoms. The molecule has 0 aliphatic rings. The standard InChI is InChI=1S/C11H8ClFN2O2S/c12-11-10(5-2-6-14-11)15-18(16,17)9-4-1-3-8(13)7-9/h1-7,15H. The van der Waals surface area contributed by atoms with Crippen molar-refractivity contribution in [3.63, 3.8) is 0 Å². The average molecular weight is 287 g/mol. The second kappa shape index (κ2) is 4.91. The Bertz CT molecular complexity index is 676. The molecule has 2 rings (SSSR count). The lowest BCUT2D eigenvalue weighted by molar-refractivity contribution is 0.595. The molecule has 0 atom stereocenters. The maximum absolute atomic E-state index is 13.0. The molecular weight excluding hydrogens is 279 g/mol. The van der Waals surface area contributed by atoms with Gasteiger partial charge in [-0.3, -0.25) is 4.72 Å². The van der Waals surface area contributed by atoms with Crippen LogP contribution in [-0.4, -0.2) is 13.4 Å². The first kappa shape index (κ1) is 12.8. The van der Waals surface area contributed by atoms with E-state index in [1.54, 1.807) is 0 Å². The summed E-state index contributed by atoms with van der Waals surface area (Å²) in [5.74, 6) is -0.629. The van der Waals surface area contributed by atoms with E-state index >= 15 is 0 Å². The number of anilines is 1. The second-order valence-corrected chi connectivity index (χ2v) is 5.45. The highest BCUT2D eigenvalue weighted by Gasteiger charge is 2.16. The Morgan fingerprint density at radius 2 is 2.00 bits per heavy atom. The van der Waals surface area contributed by atoms with E-state index in [4.69, 9.17) is 11.6 Å². The number of hydrogen-bond acceptors (Lipinski definition) is 3. The van der Waals surface area contributed by atoms with Gasteiger partial charge in [0.2, 0.25) is 0 Å². The van der Waals surface area contributed by atoms with E-state index in [0.29, 0.717) is 0 Å². The summed E-state index contributed by atoms with van der Waals surface area (Å²) in [6, 6.07) is 7.69. The first-order valence-electron chi connectivity index (χ1n) is 4.88. The molecule has 1 aromatic carbocycles. The van der Waals surface area contributed by atoms with Crippen LogP contribution in [0.15, 0.2) is 47.5 Å². The number of pyridine rings is 1. The van der Waals surface area contributed by atoms with E-state index in [0.717, 1.165) is 12.1 Å². The summed E-state index contributed by atoms with van der Waals surface area (Å²) >= 11 is 5.74. The van der Waals surface area contributed by atoms with E-state index in [-0.39, 0.29) is 15.7 Å². The van der Waals surface area contributed by atoms with Gasteiger partial charge in [0.1, 0.15) is 5.82 Å². The Morgan fingerprint density at radius 3 is 2.67 bits per heavy atom. The minimum absolute atomic E-state index is 0.0254. The Hall–Kier alpha value is -1.66. The monoisotopic (exact) mass is 286 g/mol. The Labute approximate surface area is 108 Å². The lowest BCUT2D eigenvalue weighted by atomic mass is 10.4. The molecule has 0 amide bonds. The topological polar surface area (TPSA) is 59.1 Å². The van der Waals surface area contributed by atoms with Crippen molar-refractivity contribution in [1.29, 1.82) is 0 Å². The van der Waals surface area contributed by atoms with Gasteiger partial charge in [-0.1, -0.05) is 17.7 Å². The summed E-state index contributed by atoms with van der Waals surface area (Å²) < 4.78 is 39.1. The molecule has 0 fully saturated rings. The molecule has 0 saturated carbocycles. The van der Waals surface area contributed by atoms with Gasteiger partial charge in [0.25, 0.3) is 10.0 Å². The number of rotatable bonds is 3. The van der Waals surface area contributed by atoms with Crippen LogP contribution in [0.1, 0.15) is 0 Å². The van der Waals surface area contributed by atoms with Crippen LogP contribution >= 0.6 is 11.6 Å². The van der Waals surface area contributed by atoms with Gasteiger partial charge < -0.3 is 0 Å². The molecule has 0 unspecified atom stereocenters. The first-order valence-corrected chi connectivity index (χ1v) is 6.74. The SMILES string of the molecule is O=S(=O)(Nc1cccnc1Cl)c1cccc(F)c1. The minimum Gasteiger partial charge on any atom is -0.276 e. The predicted molar refractivity (Wildman–Crippen MR) is 66.5 cm³/mol. The second-order valence-electron chi connectivity index (χ2n) is 3.40. The van der Waals surface area contributed by atoms with Gasteiger partial charge in [-0.25, -0.2) is 17.8 Å². The van der Waals surface area contributed by atoms with E-state index in [1.807, 2.05) is 0 Å². The summed E-state index contributed by atoms with van der Waals surface area (Å²) in [5.41, 5.74) is 0.142. The largest absolute Gasteiger partial charge is 0.276 e. The highest BCUT2D eigenvalue weighted by atomic mass is 35.5. The zero-order valence-corrected chi connectivity index (χ0v) is 10.5. The third-order valence-electron chi connectivity index (χ3n) is 2.11. The summed E-state index contributed by atoms with van der Waals surface area (Å²) in [6.45, 7) is 0. The molecule has 1 aromatic heterocycles. The molecule has 94 valence electrons. The number of aromatic nitrogens is 1. The van der Waals surface area contributed by atoms with Gasteiger partial charge in [-0.15, -0.1) is 0 Å². The molecule has 0 aliphatic heterocycles. The van der Waals surface area contributed by atoms with Crippen LogP contribution in [0.2, 0.25) is 5.15 Å². The number of nitrogens with one attached hydrogen (secondary N) is 1. The summed E-state index contributed by atoms with van der Waals surface area (Å²) in [4.78, 5) is 3.56. The quantitative estimate of drug-likeness (QED) is 0.883. The Morgan fingerprint density at radius 1 is 1.22 bits per heavy atom. The first-order chi connectivity index (χ1) is 8.49. The van der Waals surface area contributed by atoms with E-state index in [2.05, 4.69) is 9.71 Å². The van der Waals surface area contributed by atoms with Gasteiger partial charge in [0.05, 0.1) is 10.6 Å². The molecule has 7 heteroatoms. The van der Waals surface area contributed by atoms with Crippen LogP contribution in [0.4, 0.5) is 10.1 Å². The smallest absolute Gasteiger partial charge is 0.262 e. The maximum Gasteiger partial charge on any atom is 0.262 e. The van der Waals surface area contributed by atoms with Crippen molar-refractivity contribution >= 4 is 27.3 Å². The summed E-state index contributed by atoms with van der Waals surface area (Å²) in [6.07, 6.45) is 1.43. The van der Waals surface area contributed by atoms with Gasteiger partial charge >= 0.3 is 0 Å². The molecule has 4 nitrogen and oxygen atoms in total. The van der Waals surface area contributed by atoms with Crippen molar-refractivity contribution in [2.24, 2.45) is 0 Å². The fraction of sp³-hybridized carbons (Fsp3) is 0. The van der Waals surface area contributed by atoms with Gasteiger partial charge in [0, 0.05) is 6.20 Å². The molecule has 0 radical (unpaired) electrons. The highest BCUT2D eigenvalue weighted by Crippen LogP contribution is 2.22. The summed E-state index contributed by atoms with van der Waals surface area (Å²) in [5, 5.41) is 0.0254. The van der Waals surface area contributed by atoms with Crippen LogP contribution < -0.4 is 4.72 Å². The molecule has 0 bridgehead atoms. The van der Waals surface area contributed by atoms with Crippen LogP contribution in [0.3, 0.4) is 0 Å². The van der Waals surface area contributed by atoms with Gasteiger partial charge in [-0.05, 0) is 30.3 Å². The van der Waals surface area contributed by atoms with E-state index in [9.17, 15) is 12.8 Å². The molecule has 1 N–H and O–H groups in total. The third kappa shape index (κ3) is 2.77. The number of sulfonamides is 1. The van der Waals surface area contributed by atoms with Crippen LogP contribution in [0.25, 0.3) is 0 Å². The van der Waals surface area contributed by atoms with Crippen molar-refractivity contribution in [2.45, 2.75) is 4.90 Å². The van der Waals surface area contributed by atoms with Gasteiger partial charge in [0.15, 0.2) is 5.15 Å². The Kier molecular flexibility index (Phi) is 3.49. The fourth-order valence-electron chi connectivity index (χ4n) is 1.30. The van der Waals surface area contributed by atoms with E-state index in [1.165, 1.54) is 30.5 Å². The third-order valence-corrected chi connectivity index (χ3v) is 3.77. The lowest BCUT2D eigenvalue weighted by Crippen LogP contribution is -2.13. The zero-order valence-electron chi connectivity index (χ0n) is 8.97. The van der Waals surface area contributed by atoms with Crippen molar-refractivity contribution in [3.8, 4) is 0 Å². The van der Waals surface area contributed by atoms with E-state index < -0.39 is 15.8 Å². The van der Waals surface area contributed by atoms with Crippen LogP contribution in [0.5, 0.6) is 0 Å². The minimum atomic E-state index is -3.87. The lowest BCUT2D eigenvalue weighted by Gasteiger charge is -2.08. The predicted octanol–water partition coefficient (Wildman–Crippen LogP) is 2.67. The molecule has 0 saturated heterocycles. The highest BCUT2D eigenvalue weighted by molar-refractivity contribution is 7.92. The molecular formula is C11H8ClFN2O2S. The zero-order chi connectivity index (χ0) is 13.2. The van der Waals surface area contributed by atoms with Crippen molar-refractivity contribution in [3.05, 3.63) is 53.6 Å². The number of halogens is 2. The maximum atomic E-state index is 13.0. The fourth-order valence-corrected chi connectivity index (χ4v) is 2.62. The average Bonchev–Trinajstić information content (AvgIpc) is 2.32. The van der Waals surface area contributed by atoms with Crippen LogP contribution in [-0.2, 0) is 10.0 Å². The van der Waals surface area contributed by atoms with Crippen molar-refractivity contribution < 1.29 is 12.8 Å².